The summed E-state index contributed by atoms with van der Waals surface area (Å²) in [5.74, 6) is 0. The number of nitrogens with one attached hydrogen (secondary N) is 1. The van der Waals surface area contributed by atoms with Gasteiger partial charge >= 0.3 is 0 Å². The molecule has 4 heteroatoms. The van der Waals surface area contributed by atoms with Gasteiger partial charge in [0.2, 0.25) is 0 Å². The molecule has 0 atom stereocenters. The Morgan fingerprint density at radius 1 is 1.53 bits per heavy atom. The minimum absolute atomic E-state index is 0.536. The molecule has 0 radical (unpaired) electrons. The van der Waals surface area contributed by atoms with Crippen molar-refractivity contribution in [2.24, 2.45) is 0 Å². The fourth-order valence-electron chi connectivity index (χ4n) is 1.30. The average molecular weight is 239 g/mol. The van der Waals surface area contributed by atoms with E-state index in [2.05, 4.69) is 27.1 Å². The van der Waals surface area contributed by atoms with Gasteiger partial charge in [-0.05, 0) is 40.9 Å². The van der Waals surface area contributed by atoms with Crippen LogP contribution in [0.1, 0.15) is 11.1 Å². The van der Waals surface area contributed by atoms with Gasteiger partial charge in [0, 0.05) is 6.54 Å². The van der Waals surface area contributed by atoms with Gasteiger partial charge in [-0.2, -0.15) is 11.3 Å². The number of anilines is 1. The van der Waals surface area contributed by atoms with E-state index in [4.69, 9.17) is 11.6 Å². The van der Waals surface area contributed by atoms with E-state index in [0.29, 0.717) is 5.15 Å². The molecule has 0 saturated carbocycles. The van der Waals surface area contributed by atoms with Gasteiger partial charge in [0.05, 0.1) is 11.9 Å². The number of rotatable bonds is 3. The average Bonchev–Trinajstić information content (AvgIpc) is 2.69. The Bertz CT molecular complexity index is 440. The molecule has 2 aromatic rings. The number of aromatic nitrogens is 1. The van der Waals surface area contributed by atoms with Crippen LogP contribution in [0.5, 0.6) is 0 Å². The summed E-state index contributed by atoms with van der Waals surface area (Å²) < 4.78 is 0. The van der Waals surface area contributed by atoms with Crippen molar-refractivity contribution in [2.45, 2.75) is 13.5 Å². The fourth-order valence-corrected chi connectivity index (χ4v) is 2.18. The molecule has 0 aliphatic heterocycles. The van der Waals surface area contributed by atoms with Gasteiger partial charge in [-0.3, -0.25) is 0 Å². The molecule has 2 aromatic heterocycles. The summed E-state index contributed by atoms with van der Waals surface area (Å²) in [4.78, 5) is 4.05. The Morgan fingerprint density at radius 3 is 3.07 bits per heavy atom. The molecule has 0 aliphatic rings. The van der Waals surface area contributed by atoms with Crippen molar-refractivity contribution >= 4 is 28.6 Å². The minimum atomic E-state index is 0.536. The lowest BCUT2D eigenvalue weighted by Crippen LogP contribution is -2.00. The van der Waals surface area contributed by atoms with Crippen LogP contribution in [0.15, 0.2) is 29.1 Å². The Labute approximate surface area is 97.9 Å². The number of pyridine rings is 1. The van der Waals surface area contributed by atoms with Crippen LogP contribution in [0.2, 0.25) is 5.15 Å². The Balaban J connectivity index is 2.05. The summed E-state index contributed by atoms with van der Waals surface area (Å²) >= 11 is 7.48. The molecule has 1 N–H and O–H groups in total. The van der Waals surface area contributed by atoms with Crippen LogP contribution in [0.3, 0.4) is 0 Å². The normalized spacial score (nSPS) is 10.3. The third kappa shape index (κ3) is 2.70. The second kappa shape index (κ2) is 4.64. The van der Waals surface area contributed by atoms with Crippen LogP contribution in [0.25, 0.3) is 0 Å². The monoisotopic (exact) mass is 238 g/mol. The predicted molar refractivity (Wildman–Crippen MR) is 65.6 cm³/mol. The summed E-state index contributed by atoms with van der Waals surface area (Å²) in [5, 5.41) is 8.07. The van der Waals surface area contributed by atoms with Crippen molar-refractivity contribution in [3.63, 3.8) is 0 Å². The van der Waals surface area contributed by atoms with E-state index in [-0.39, 0.29) is 0 Å². The van der Waals surface area contributed by atoms with Gasteiger partial charge in [0.25, 0.3) is 0 Å². The highest BCUT2D eigenvalue weighted by Crippen LogP contribution is 2.18. The lowest BCUT2D eigenvalue weighted by atomic mass is 10.2. The third-order valence-corrected chi connectivity index (χ3v) is 3.08. The molecule has 0 spiro atoms. The largest absolute Gasteiger partial charge is 0.379 e. The van der Waals surface area contributed by atoms with Crippen molar-refractivity contribution in [1.82, 2.24) is 4.98 Å². The molecule has 0 unspecified atom stereocenters. The molecule has 0 amide bonds. The quantitative estimate of drug-likeness (QED) is 0.825. The zero-order chi connectivity index (χ0) is 10.7. The van der Waals surface area contributed by atoms with Gasteiger partial charge in [-0.1, -0.05) is 11.6 Å². The Hall–Kier alpha value is -1.06. The van der Waals surface area contributed by atoms with Crippen molar-refractivity contribution in [2.75, 3.05) is 5.32 Å². The number of nitrogens with zero attached hydrogens (tertiary/aromatic N) is 1. The maximum atomic E-state index is 5.78. The smallest absolute Gasteiger partial charge is 0.129 e. The van der Waals surface area contributed by atoms with Gasteiger partial charge in [0.15, 0.2) is 0 Å². The number of thiophene rings is 1. The highest BCUT2D eigenvalue weighted by molar-refractivity contribution is 7.07. The zero-order valence-electron chi connectivity index (χ0n) is 8.33. The standard InChI is InChI=1S/C11H11ClN2S/c1-8-4-11(12)14-6-10(8)13-5-9-2-3-15-7-9/h2-4,6-7,13H,5H2,1H3. The Kier molecular flexibility index (Phi) is 3.23. The number of hydrogen-bond acceptors (Lipinski definition) is 3. The first-order chi connectivity index (χ1) is 7.25. The van der Waals surface area contributed by atoms with E-state index < -0.39 is 0 Å². The van der Waals surface area contributed by atoms with E-state index >= 15 is 0 Å². The van der Waals surface area contributed by atoms with Crippen molar-refractivity contribution < 1.29 is 0 Å². The number of hydrogen-bond donors (Lipinski definition) is 1. The molecular formula is C11H11ClN2S. The fraction of sp³-hybridized carbons (Fsp3) is 0.182. The summed E-state index contributed by atoms with van der Waals surface area (Å²) in [6.45, 7) is 2.84. The van der Waals surface area contributed by atoms with E-state index in [0.717, 1.165) is 17.8 Å². The third-order valence-electron chi connectivity index (χ3n) is 2.14. The van der Waals surface area contributed by atoms with Crippen LogP contribution < -0.4 is 5.32 Å². The second-order valence-corrected chi connectivity index (χ2v) is 4.47. The van der Waals surface area contributed by atoms with Crippen molar-refractivity contribution in [3.05, 3.63) is 45.4 Å². The van der Waals surface area contributed by atoms with E-state index in [9.17, 15) is 0 Å². The van der Waals surface area contributed by atoms with Crippen LogP contribution in [-0.4, -0.2) is 4.98 Å². The van der Waals surface area contributed by atoms with Crippen LogP contribution in [0, 0.1) is 6.92 Å². The Morgan fingerprint density at radius 2 is 2.40 bits per heavy atom. The van der Waals surface area contributed by atoms with Gasteiger partial charge in [-0.15, -0.1) is 0 Å². The van der Waals surface area contributed by atoms with E-state index in [1.165, 1.54) is 5.56 Å². The van der Waals surface area contributed by atoms with Crippen LogP contribution in [0.4, 0.5) is 5.69 Å². The molecular weight excluding hydrogens is 228 g/mol. The molecule has 0 aliphatic carbocycles. The minimum Gasteiger partial charge on any atom is -0.379 e. The summed E-state index contributed by atoms with van der Waals surface area (Å²) in [6.07, 6.45) is 1.77. The first kappa shape index (κ1) is 10.5. The maximum Gasteiger partial charge on any atom is 0.129 e. The molecule has 2 heterocycles. The highest BCUT2D eigenvalue weighted by atomic mass is 35.5. The van der Waals surface area contributed by atoms with Gasteiger partial charge in [0.1, 0.15) is 5.15 Å². The van der Waals surface area contributed by atoms with Crippen LogP contribution in [-0.2, 0) is 6.54 Å². The second-order valence-electron chi connectivity index (χ2n) is 3.31. The molecule has 0 saturated heterocycles. The zero-order valence-corrected chi connectivity index (χ0v) is 9.90. The lowest BCUT2D eigenvalue weighted by molar-refractivity contribution is 1.13. The summed E-state index contributed by atoms with van der Waals surface area (Å²) in [5.41, 5.74) is 3.44. The topological polar surface area (TPSA) is 24.9 Å². The molecule has 2 nitrogen and oxygen atoms in total. The van der Waals surface area contributed by atoms with Gasteiger partial charge < -0.3 is 5.32 Å². The van der Waals surface area contributed by atoms with Gasteiger partial charge in [-0.25, -0.2) is 4.98 Å². The number of halogens is 1. The van der Waals surface area contributed by atoms with Crippen molar-refractivity contribution in [3.8, 4) is 0 Å². The molecule has 0 aromatic carbocycles. The maximum absolute atomic E-state index is 5.78. The molecule has 0 bridgehead atoms. The van der Waals surface area contributed by atoms with Crippen LogP contribution >= 0.6 is 22.9 Å². The van der Waals surface area contributed by atoms with E-state index in [1.807, 2.05) is 13.0 Å². The lowest BCUT2D eigenvalue weighted by Gasteiger charge is -2.07. The summed E-state index contributed by atoms with van der Waals surface area (Å²) in [6, 6.07) is 3.97. The van der Waals surface area contributed by atoms with Crippen molar-refractivity contribution in [1.29, 1.82) is 0 Å². The predicted octanol–water partition coefficient (Wildman–Crippen LogP) is 3.72. The SMILES string of the molecule is Cc1cc(Cl)ncc1NCc1ccsc1. The molecule has 0 fully saturated rings. The van der Waals surface area contributed by atoms with E-state index in [1.54, 1.807) is 17.5 Å². The highest BCUT2D eigenvalue weighted by Gasteiger charge is 2.00. The molecule has 78 valence electrons. The molecule has 15 heavy (non-hydrogen) atoms. The molecule has 2 rings (SSSR count). The first-order valence-corrected chi connectivity index (χ1v) is 5.95. The first-order valence-electron chi connectivity index (χ1n) is 4.63. The summed E-state index contributed by atoms with van der Waals surface area (Å²) in [7, 11) is 0. The number of aryl methyl sites for hydroxylation is 1.